The van der Waals surface area contributed by atoms with E-state index < -0.39 is 0 Å². The van der Waals surface area contributed by atoms with Crippen molar-refractivity contribution < 1.29 is 14.6 Å². The molecule has 0 fully saturated rings. The van der Waals surface area contributed by atoms with Gasteiger partial charge in [-0.05, 0) is 69.9 Å². The molecule has 4 rings (SSSR count). The summed E-state index contributed by atoms with van der Waals surface area (Å²) < 4.78 is 12.1. The smallest absolute Gasteiger partial charge is 0.172 e. The first kappa shape index (κ1) is 19.4. The van der Waals surface area contributed by atoms with Crippen LogP contribution < -0.4 is 14.8 Å². The van der Waals surface area contributed by atoms with Crippen LogP contribution >= 0.6 is 0 Å². The van der Waals surface area contributed by atoms with Crippen LogP contribution in [-0.4, -0.2) is 17.8 Å². The fraction of sp³-hybridized carbons (Fsp3) is 0.360. The summed E-state index contributed by atoms with van der Waals surface area (Å²) in [6.07, 6.45) is 8.28. The molecule has 0 saturated heterocycles. The Labute approximate surface area is 172 Å². The number of aromatic hydroxyl groups is 1. The average Bonchev–Trinajstić information content (AvgIpc) is 2.66. The van der Waals surface area contributed by atoms with Gasteiger partial charge < -0.3 is 19.9 Å². The van der Waals surface area contributed by atoms with Crippen LogP contribution in [0.3, 0.4) is 0 Å². The van der Waals surface area contributed by atoms with Gasteiger partial charge in [-0.2, -0.15) is 0 Å². The molecule has 2 N–H and O–H groups in total. The van der Waals surface area contributed by atoms with E-state index in [9.17, 15) is 5.11 Å². The molecular formula is C25H29NO3. The minimum Gasteiger partial charge on any atom is -0.504 e. The monoisotopic (exact) mass is 391 g/mol. The van der Waals surface area contributed by atoms with Gasteiger partial charge in [0, 0.05) is 16.8 Å². The number of hydrogen-bond acceptors (Lipinski definition) is 4. The maximum absolute atomic E-state index is 10.4. The zero-order valence-electron chi connectivity index (χ0n) is 17.8. The molecule has 0 radical (unpaired) electrons. The number of phenolic OH excluding ortho intramolecular Hbond substituents is 1. The third-order valence-corrected chi connectivity index (χ3v) is 5.67. The van der Waals surface area contributed by atoms with E-state index in [0.29, 0.717) is 5.75 Å². The summed E-state index contributed by atoms with van der Waals surface area (Å²) in [6, 6.07) is 7.73. The maximum Gasteiger partial charge on any atom is 0.172 e. The third kappa shape index (κ3) is 3.27. The predicted octanol–water partition coefficient (Wildman–Crippen LogP) is 6.47. The molecule has 2 aromatic rings. The van der Waals surface area contributed by atoms with Crippen molar-refractivity contribution in [3.63, 3.8) is 0 Å². The summed E-state index contributed by atoms with van der Waals surface area (Å²) in [5.74, 6) is 1.34. The van der Waals surface area contributed by atoms with E-state index in [0.717, 1.165) is 35.4 Å². The molecule has 152 valence electrons. The molecule has 0 aliphatic carbocycles. The molecule has 2 aliphatic heterocycles. The summed E-state index contributed by atoms with van der Waals surface area (Å²) in [5, 5.41) is 14.0. The van der Waals surface area contributed by atoms with Crippen molar-refractivity contribution in [2.45, 2.75) is 52.2 Å². The fourth-order valence-corrected chi connectivity index (χ4v) is 4.64. The van der Waals surface area contributed by atoms with Crippen LogP contribution in [0, 0.1) is 0 Å². The highest BCUT2D eigenvalue weighted by Gasteiger charge is 2.35. The summed E-state index contributed by atoms with van der Waals surface area (Å²) in [7, 11) is 1.58. The van der Waals surface area contributed by atoms with E-state index in [1.807, 2.05) is 13.0 Å². The van der Waals surface area contributed by atoms with Gasteiger partial charge in [0.1, 0.15) is 11.9 Å². The number of phenols is 1. The van der Waals surface area contributed by atoms with Crippen molar-refractivity contribution in [2.75, 3.05) is 12.4 Å². The lowest BCUT2D eigenvalue weighted by Crippen LogP contribution is -2.32. The van der Waals surface area contributed by atoms with E-state index in [1.165, 1.54) is 16.7 Å². The molecule has 0 amide bonds. The van der Waals surface area contributed by atoms with E-state index in [4.69, 9.17) is 9.47 Å². The topological polar surface area (TPSA) is 50.7 Å². The average molecular weight is 392 g/mol. The van der Waals surface area contributed by atoms with Crippen molar-refractivity contribution in [3.05, 3.63) is 53.6 Å². The Balaban J connectivity index is 1.97. The highest BCUT2D eigenvalue weighted by atomic mass is 16.5. The molecule has 0 aromatic heterocycles. The van der Waals surface area contributed by atoms with Gasteiger partial charge in [-0.15, -0.1) is 0 Å². The van der Waals surface area contributed by atoms with E-state index in [1.54, 1.807) is 13.2 Å². The molecule has 29 heavy (non-hydrogen) atoms. The molecule has 4 nitrogen and oxygen atoms in total. The zero-order valence-corrected chi connectivity index (χ0v) is 17.8. The van der Waals surface area contributed by atoms with Gasteiger partial charge in [0.25, 0.3) is 0 Å². The number of ether oxygens (including phenoxy) is 2. The van der Waals surface area contributed by atoms with Crippen LogP contribution in [0.1, 0.15) is 57.8 Å². The fourth-order valence-electron chi connectivity index (χ4n) is 4.64. The van der Waals surface area contributed by atoms with Gasteiger partial charge in [-0.1, -0.05) is 24.3 Å². The minimum atomic E-state index is -0.102. The van der Waals surface area contributed by atoms with Crippen molar-refractivity contribution in [1.82, 2.24) is 0 Å². The summed E-state index contributed by atoms with van der Waals surface area (Å²) in [5.41, 5.74) is 6.51. The van der Waals surface area contributed by atoms with Gasteiger partial charge in [-0.25, -0.2) is 0 Å². The number of hydrogen-bond donors (Lipinski definition) is 2. The third-order valence-electron chi connectivity index (χ3n) is 5.67. The molecule has 1 unspecified atom stereocenters. The van der Waals surface area contributed by atoms with E-state index in [2.05, 4.69) is 56.4 Å². The second-order valence-electron chi connectivity index (χ2n) is 8.37. The number of rotatable bonds is 4. The van der Waals surface area contributed by atoms with Crippen LogP contribution in [0.25, 0.3) is 16.7 Å². The normalized spacial score (nSPS) is 18.8. The molecular weight excluding hydrogens is 362 g/mol. The zero-order chi connectivity index (χ0) is 20.8. The van der Waals surface area contributed by atoms with Crippen molar-refractivity contribution in [3.8, 4) is 28.4 Å². The molecule has 2 heterocycles. The predicted molar refractivity (Wildman–Crippen MR) is 119 cm³/mol. The van der Waals surface area contributed by atoms with Gasteiger partial charge in [-0.3, -0.25) is 0 Å². The lowest BCUT2D eigenvalue weighted by Gasteiger charge is -2.37. The Morgan fingerprint density at radius 3 is 2.72 bits per heavy atom. The first-order valence-corrected chi connectivity index (χ1v) is 10.2. The minimum absolute atomic E-state index is 0.0655. The van der Waals surface area contributed by atoms with E-state index >= 15 is 0 Å². The largest absolute Gasteiger partial charge is 0.504 e. The number of anilines is 1. The van der Waals surface area contributed by atoms with Crippen LogP contribution in [0.5, 0.6) is 17.2 Å². The molecule has 2 aliphatic rings. The first-order valence-electron chi connectivity index (χ1n) is 10.2. The Kier molecular flexibility index (Phi) is 4.81. The maximum atomic E-state index is 10.4. The highest BCUT2D eigenvalue weighted by molar-refractivity contribution is 5.92. The number of allylic oxidation sites excluding steroid dienone is 3. The van der Waals surface area contributed by atoms with Crippen molar-refractivity contribution in [2.24, 2.45) is 0 Å². The second-order valence-corrected chi connectivity index (χ2v) is 8.37. The molecule has 0 bridgehead atoms. The van der Waals surface area contributed by atoms with Gasteiger partial charge >= 0.3 is 0 Å². The number of fused-ring (bicyclic) bond motifs is 5. The summed E-state index contributed by atoms with van der Waals surface area (Å²) in [6.45, 7) is 8.56. The number of benzene rings is 2. The Bertz CT molecular complexity index is 1020. The SMILES string of the molecule is CC=CCCC1Oc2ccc(O)c(OC)c2-c2ccc3c(c21)C(C)=CC(C)(C)N3. The van der Waals surface area contributed by atoms with Gasteiger partial charge in [0.2, 0.25) is 0 Å². The molecule has 2 aromatic carbocycles. The lowest BCUT2D eigenvalue weighted by molar-refractivity contribution is 0.191. The van der Waals surface area contributed by atoms with E-state index in [-0.39, 0.29) is 17.4 Å². The van der Waals surface area contributed by atoms with Gasteiger partial charge in [0.15, 0.2) is 11.5 Å². The van der Waals surface area contributed by atoms with Crippen LogP contribution in [0.4, 0.5) is 5.69 Å². The van der Waals surface area contributed by atoms with Crippen molar-refractivity contribution >= 4 is 11.3 Å². The Morgan fingerprint density at radius 2 is 2.00 bits per heavy atom. The first-order chi connectivity index (χ1) is 13.9. The number of nitrogens with one attached hydrogen (secondary N) is 1. The molecule has 1 atom stereocenters. The quantitative estimate of drug-likeness (QED) is 0.587. The summed E-state index contributed by atoms with van der Waals surface area (Å²) >= 11 is 0. The highest BCUT2D eigenvalue weighted by Crippen LogP contribution is 2.54. The number of methoxy groups -OCH3 is 1. The second kappa shape index (κ2) is 7.18. The molecule has 0 saturated carbocycles. The van der Waals surface area contributed by atoms with Crippen molar-refractivity contribution in [1.29, 1.82) is 0 Å². The Hall–Kier alpha value is -2.88. The summed E-state index contributed by atoms with van der Waals surface area (Å²) in [4.78, 5) is 0. The Morgan fingerprint density at radius 1 is 1.21 bits per heavy atom. The van der Waals surface area contributed by atoms with Crippen LogP contribution in [0.2, 0.25) is 0 Å². The lowest BCUT2D eigenvalue weighted by atomic mass is 9.81. The standard InChI is InChI=1S/C25H29NO3/c1-6-7-8-9-19-22-16(23-20(29-19)13-12-18(27)24(23)28-5)10-11-17-21(22)15(2)14-25(3,4)26-17/h6-7,10-14,19,26-27H,8-9H2,1-5H3. The van der Waals surface area contributed by atoms with Crippen LogP contribution in [-0.2, 0) is 0 Å². The van der Waals surface area contributed by atoms with Gasteiger partial charge in [0.05, 0.1) is 18.2 Å². The molecule has 0 spiro atoms. The molecule has 4 heteroatoms. The van der Waals surface area contributed by atoms with Crippen LogP contribution in [0.15, 0.2) is 42.5 Å².